The lowest BCUT2D eigenvalue weighted by atomic mass is 10.5. The lowest BCUT2D eigenvalue weighted by Gasteiger charge is -1.94. The molecule has 0 aromatic heterocycles. The molecule has 0 fully saturated rings. The van der Waals surface area contributed by atoms with Crippen molar-refractivity contribution in [3.63, 3.8) is 0 Å². The van der Waals surface area contributed by atoms with Crippen LogP contribution in [-0.2, 0) is 6.18 Å². The predicted octanol–water partition coefficient (Wildman–Crippen LogP) is 2.60. The van der Waals surface area contributed by atoms with Gasteiger partial charge in [-0.15, -0.1) is 12.6 Å². The van der Waals surface area contributed by atoms with Crippen molar-refractivity contribution < 1.29 is 13.2 Å². The molecule has 0 nitrogen and oxygen atoms in total. The van der Waals surface area contributed by atoms with Gasteiger partial charge in [0.1, 0.15) is 0 Å². The summed E-state index contributed by atoms with van der Waals surface area (Å²) in [4.78, 5) is -0.0856. The SMILES string of the molecule is FC(F)(F)c1c(S)c1=S. The summed E-state index contributed by atoms with van der Waals surface area (Å²) in [6, 6.07) is 0. The molecule has 0 radical (unpaired) electrons. The molecule has 0 unspecified atom stereocenters. The fourth-order valence-corrected chi connectivity index (χ4v) is 1.06. The number of thiol groups is 1. The Morgan fingerprint density at radius 1 is 1.33 bits per heavy atom. The molecule has 1 aromatic rings. The fraction of sp³-hybridized carbons (Fsp3) is 0.250. The molecule has 0 aliphatic rings. The summed E-state index contributed by atoms with van der Waals surface area (Å²) in [5.41, 5.74) is -0.735. The molecule has 1 aromatic carbocycles. The van der Waals surface area contributed by atoms with E-state index in [0.717, 1.165) is 0 Å². The van der Waals surface area contributed by atoms with Crippen molar-refractivity contribution in [2.24, 2.45) is 0 Å². The average Bonchev–Trinajstić information content (AvgIpc) is 2.11. The van der Waals surface area contributed by atoms with Crippen LogP contribution in [0.4, 0.5) is 13.2 Å². The lowest BCUT2D eigenvalue weighted by Crippen LogP contribution is -1.97. The molecule has 9 heavy (non-hydrogen) atoms. The highest BCUT2D eigenvalue weighted by Gasteiger charge is 2.40. The molecule has 0 spiro atoms. The second-order valence-corrected chi connectivity index (χ2v) is 2.41. The van der Waals surface area contributed by atoms with Gasteiger partial charge in [0.25, 0.3) is 0 Å². The Morgan fingerprint density at radius 3 is 1.67 bits per heavy atom. The summed E-state index contributed by atoms with van der Waals surface area (Å²) in [6.07, 6.45) is -4.28. The van der Waals surface area contributed by atoms with Gasteiger partial charge in [-0.2, -0.15) is 13.2 Å². The maximum absolute atomic E-state index is 11.5. The predicted molar refractivity (Wildman–Crippen MR) is 31.9 cm³/mol. The molecule has 50 valence electrons. The zero-order valence-electron chi connectivity index (χ0n) is 3.99. The van der Waals surface area contributed by atoms with Crippen LogP contribution in [-0.4, -0.2) is 0 Å². The third-order valence-electron chi connectivity index (χ3n) is 0.900. The van der Waals surface area contributed by atoms with E-state index < -0.39 is 11.7 Å². The standard InChI is InChI=1S/C4HF3S2/c5-4(6,7)1-2(8)3(1)9/h8H. The Kier molecular flexibility index (Phi) is 1.36. The number of hydrogen-bond donors (Lipinski definition) is 1. The van der Waals surface area contributed by atoms with Crippen LogP contribution in [0, 0.1) is 4.51 Å². The van der Waals surface area contributed by atoms with E-state index in [0.29, 0.717) is 0 Å². The molecule has 0 saturated carbocycles. The number of hydrogen-bond acceptors (Lipinski definition) is 2. The van der Waals surface area contributed by atoms with E-state index in [1.54, 1.807) is 0 Å². The first-order chi connectivity index (χ1) is 3.94. The van der Waals surface area contributed by atoms with Crippen LogP contribution < -0.4 is 0 Å². The third-order valence-corrected chi connectivity index (χ3v) is 1.91. The van der Waals surface area contributed by atoms with E-state index in [9.17, 15) is 13.2 Å². The highest BCUT2D eigenvalue weighted by molar-refractivity contribution is 7.81. The summed E-state index contributed by atoms with van der Waals surface area (Å²) in [5, 5.41) is 0. The minimum absolute atomic E-state index is 0.0856. The van der Waals surface area contributed by atoms with Gasteiger partial charge < -0.3 is 0 Å². The van der Waals surface area contributed by atoms with E-state index >= 15 is 0 Å². The molecular formula is C4HF3S2. The van der Waals surface area contributed by atoms with Crippen LogP contribution in [0.25, 0.3) is 0 Å². The van der Waals surface area contributed by atoms with E-state index in [4.69, 9.17) is 0 Å². The fourth-order valence-electron chi connectivity index (χ4n) is 0.424. The van der Waals surface area contributed by atoms with Gasteiger partial charge in [-0.05, 0) is 0 Å². The first-order valence-electron chi connectivity index (χ1n) is 1.99. The summed E-state index contributed by atoms with van der Waals surface area (Å²) in [7, 11) is 0. The normalized spacial score (nSPS) is 12.9. The number of halogens is 3. The quantitative estimate of drug-likeness (QED) is 0.461. The smallest absolute Gasteiger partial charge is 0.166 e. The number of alkyl halides is 3. The Balaban J connectivity index is 2.93. The van der Waals surface area contributed by atoms with Gasteiger partial charge in [0, 0.05) is 4.90 Å². The molecule has 0 N–H and O–H groups in total. The van der Waals surface area contributed by atoms with Gasteiger partial charge in [0.05, 0.1) is 10.1 Å². The van der Waals surface area contributed by atoms with Crippen LogP contribution in [0.1, 0.15) is 5.56 Å². The maximum atomic E-state index is 11.5. The summed E-state index contributed by atoms with van der Waals surface area (Å²) < 4.78 is 34.5. The Labute approximate surface area is 59.8 Å². The second kappa shape index (κ2) is 1.73. The van der Waals surface area contributed by atoms with E-state index in [2.05, 4.69) is 24.8 Å². The monoisotopic (exact) mass is 170 g/mol. The summed E-state index contributed by atoms with van der Waals surface area (Å²) in [6.45, 7) is 0. The maximum Gasteiger partial charge on any atom is 0.418 e. The highest BCUT2D eigenvalue weighted by Crippen LogP contribution is 2.42. The van der Waals surface area contributed by atoms with Crippen molar-refractivity contribution in [3.8, 4) is 0 Å². The Bertz CT molecular complexity index is 240. The van der Waals surface area contributed by atoms with E-state index in [1.807, 2.05) is 0 Å². The van der Waals surface area contributed by atoms with Gasteiger partial charge >= 0.3 is 6.18 Å². The van der Waals surface area contributed by atoms with Crippen molar-refractivity contribution in [1.82, 2.24) is 0 Å². The van der Waals surface area contributed by atoms with E-state index in [1.165, 1.54) is 0 Å². The minimum Gasteiger partial charge on any atom is -0.166 e. The summed E-state index contributed by atoms with van der Waals surface area (Å²) >= 11 is 7.75. The highest BCUT2D eigenvalue weighted by atomic mass is 32.1. The van der Waals surface area contributed by atoms with Gasteiger partial charge in [-0.3, -0.25) is 0 Å². The van der Waals surface area contributed by atoms with Crippen molar-refractivity contribution >= 4 is 24.8 Å². The third kappa shape index (κ3) is 1.11. The first-order valence-corrected chi connectivity index (χ1v) is 2.85. The van der Waals surface area contributed by atoms with Crippen LogP contribution in [0.3, 0.4) is 0 Å². The minimum atomic E-state index is -4.28. The van der Waals surface area contributed by atoms with Gasteiger partial charge in [0.15, 0.2) is 0 Å². The Hall–Kier alpha value is -0.0300. The van der Waals surface area contributed by atoms with Crippen LogP contribution in [0.2, 0.25) is 0 Å². The largest absolute Gasteiger partial charge is 0.418 e. The van der Waals surface area contributed by atoms with Crippen LogP contribution >= 0.6 is 24.8 Å². The first kappa shape index (κ1) is 7.08. The zero-order valence-corrected chi connectivity index (χ0v) is 5.70. The molecule has 0 aliphatic carbocycles. The second-order valence-electron chi connectivity index (χ2n) is 1.55. The van der Waals surface area contributed by atoms with Crippen LogP contribution in [0.15, 0.2) is 4.90 Å². The molecule has 0 saturated heterocycles. The molecule has 0 atom stereocenters. The van der Waals surface area contributed by atoms with Gasteiger partial charge in [-0.1, -0.05) is 12.2 Å². The molecule has 1 rings (SSSR count). The topological polar surface area (TPSA) is 0 Å². The van der Waals surface area contributed by atoms with Crippen LogP contribution in [0.5, 0.6) is 0 Å². The Morgan fingerprint density at radius 2 is 1.67 bits per heavy atom. The molecule has 0 bridgehead atoms. The molecule has 0 heterocycles. The summed E-state index contributed by atoms with van der Waals surface area (Å²) in [5.74, 6) is 0. The average molecular weight is 170 g/mol. The zero-order chi connectivity index (χ0) is 7.23. The van der Waals surface area contributed by atoms with Crippen molar-refractivity contribution in [3.05, 3.63) is 10.1 Å². The van der Waals surface area contributed by atoms with Crippen molar-refractivity contribution in [1.29, 1.82) is 0 Å². The lowest BCUT2D eigenvalue weighted by molar-refractivity contribution is -0.135. The van der Waals surface area contributed by atoms with Crippen molar-refractivity contribution in [2.45, 2.75) is 11.1 Å². The molecule has 0 amide bonds. The molecule has 5 heteroatoms. The van der Waals surface area contributed by atoms with E-state index in [-0.39, 0.29) is 9.41 Å². The van der Waals surface area contributed by atoms with Crippen molar-refractivity contribution in [2.75, 3.05) is 0 Å². The number of rotatable bonds is 0. The molecular weight excluding hydrogens is 169 g/mol. The van der Waals surface area contributed by atoms with Gasteiger partial charge in [0.2, 0.25) is 0 Å². The molecule has 0 aliphatic heterocycles. The van der Waals surface area contributed by atoms with Gasteiger partial charge in [-0.25, -0.2) is 0 Å².